The quantitative estimate of drug-likeness (QED) is 0.760. The third-order valence-corrected chi connectivity index (χ3v) is 3.73. The largest absolute Gasteiger partial charge is 0.313 e. The van der Waals surface area contributed by atoms with Crippen LogP contribution in [0.1, 0.15) is 17.5 Å². The predicted octanol–water partition coefficient (Wildman–Crippen LogP) is 4.72. The van der Waals surface area contributed by atoms with Crippen molar-refractivity contribution in [2.24, 2.45) is 0 Å². The van der Waals surface area contributed by atoms with Gasteiger partial charge in [-0.15, -0.1) is 0 Å². The number of benzene rings is 2. The molecule has 0 spiro atoms. The van der Waals surface area contributed by atoms with Crippen molar-refractivity contribution < 1.29 is 0 Å². The summed E-state index contributed by atoms with van der Waals surface area (Å²) in [7, 11) is 0. The van der Waals surface area contributed by atoms with Crippen LogP contribution in [0.5, 0.6) is 0 Å². The first-order valence-corrected chi connectivity index (χ1v) is 7.20. The summed E-state index contributed by atoms with van der Waals surface area (Å²) >= 11 is 12.2. The molecule has 0 fully saturated rings. The Kier molecular flexibility index (Phi) is 5.71. The zero-order chi connectivity index (χ0) is 13.5. The average Bonchev–Trinajstić information content (AvgIpc) is 2.42. The third kappa shape index (κ3) is 4.54. The fourth-order valence-corrected chi connectivity index (χ4v) is 2.51. The summed E-state index contributed by atoms with van der Waals surface area (Å²) in [6.07, 6.45) is 2.19. The van der Waals surface area contributed by atoms with Gasteiger partial charge in [-0.25, -0.2) is 0 Å². The lowest BCUT2D eigenvalue weighted by Gasteiger charge is -2.08. The smallest absolute Gasteiger partial charge is 0.0465 e. The minimum Gasteiger partial charge on any atom is -0.313 e. The number of hydrogen-bond acceptors (Lipinski definition) is 1. The summed E-state index contributed by atoms with van der Waals surface area (Å²) in [5.74, 6) is 0. The van der Waals surface area contributed by atoms with Gasteiger partial charge in [-0.2, -0.15) is 0 Å². The second-order valence-electron chi connectivity index (χ2n) is 4.47. The van der Waals surface area contributed by atoms with Crippen LogP contribution in [0, 0.1) is 0 Å². The maximum absolute atomic E-state index is 6.11. The molecule has 19 heavy (non-hydrogen) atoms. The third-order valence-electron chi connectivity index (χ3n) is 3.03. The van der Waals surface area contributed by atoms with E-state index in [0.29, 0.717) is 6.54 Å². The molecule has 0 amide bonds. The summed E-state index contributed by atoms with van der Waals surface area (Å²) in [6.45, 7) is 1.67. The highest BCUT2D eigenvalue weighted by atomic mass is 35.5. The molecule has 0 aromatic heterocycles. The van der Waals surface area contributed by atoms with Crippen molar-refractivity contribution in [2.75, 3.05) is 6.54 Å². The van der Waals surface area contributed by atoms with Crippen LogP contribution in [0.25, 0.3) is 0 Å². The topological polar surface area (TPSA) is 12.0 Å². The highest BCUT2D eigenvalue weighted by molar-refractivity contribution is 6.35. The van der Waals surface area contributed by atoms with Crippen LogP contribution in [0.15, 0.2) is 48.5 Å². The minimum atomic E-state index is 0.716. The molecule has 0 aliphatic heterocycles. The van der Waals surface area contributed by atoms with Gasteiger partial charge in [-0.1, -0.05) is 59.6 Å². The molecule has 0 aliphatic rings. The minimum absolute atomic E-state index is 0.716. The molecular formula is C16H17Cl2N. The van der Waals surface area contributed by atoms with Gasteiger partial charge in [-0.05, 0) is 37.1 Å². The van der Waals surface area contributed by atoms with Crippen LogP contribution in [0.3, 0.4) is 0 Å². The Labute approximate surface area is 124 Å². The summed E-state index contributed by atoms with van der Waals surface area (Å²) in [4.78, 5) is 0. The van der Waals surface area contributed by atoms with Gasteiger partial charge in [0.25, 0.3) is 0 Å². The molecule has 3 heteroatoms. The van der Waals surface area contributed by atoms with Gasteiger partial charge in [0.05, 0.1) is 0 Å². The molecule has 1 nitrogen and oxygen atoms in total. The second-order valence-corrected chi connectivity index (χ2v) is 5.28. The van der Waals surface area contributed by atoms with Gasteiger partial charge in [0, 0.05) is 22.2 Å². The molecule has 2 rings (SSSR count). The molecule has 0 aliphatic carbocycles. The van der Waals surface area contributed by atoms with Crippen LogP contribution < -0.4 is 5.32 Å². The van der Waals surface area contributed by atoms with E-state index in [4.69, 9.17) is 23.2 Å². The first-order valence-electron chi connectivity index (χ1n) is 6.45. The predicted molar refractivity (Wildman–Crippen MR) is 82.9 cm³/mol. The first-order chi connectivity index (χ1) is 9.27. The van der Waals surface area contributed by atoms with Crippen LogP contribution in [-0.2, 0) is 13.0 Å². The Morgan fingerprint density at radius 3 is 2.21 bits per heavy atom. The Morgan fingerprint density at radius 1 is 0.842 bits per heavy atom. The molecule has 0 saturated heterocycles. The standard InChI is InChI=1S/C16H17Cl2N/c17-15-9-4-10-16(18)14(15)12-19-11-5-8-13-6-2-1-3-7-13/h1-4,6-7,9-10,19H,5,8,11-12H2. The normalized spacial score (nSPS) is 10.6. The molecule has 0 atom stereocenters. The van der Waals surface area contributed by atoms with Crippen LogP contribution >= 0.6 is 23.2 Å². The van der Waals surface area contributed by atoms with Gasteiger partial charge in [0.2, 0.25) is 0 Å². The lowest BCUT2D eigenvalue weighted by Crippen LogP contribution is -2.15. The lowest BCUT2D eigenvalue weighted by molar-refractivity contribution is 0.649. The summed E-state index contributed by atoms with van der Waals surface area (Å²) in [5, 5.41) is 4.83. The number of rotatable bonds is 6. The zero-order valence-electron chi connectivity index (χ0n) is 10.7. The van der Waals surface area contributed by atoms with Gasteiger partial charge in [0.15, 0.2) is 0 Å². The van der Waals surface area contributed by atoms with Gasteiger partial charge >= 0.3 is 0 Å². The molecule has 0 heterocycles. The number of nitrogens with one attached hydrogen (secondary N) is 1. The van der Waals surface area contributed by atoms with Crippen molar-refractivity contribution in [3.05, 3.63) is 69.7 Å². The highest BCUT2D eigenvalue weighted by Gasteiger charge is 2.04. The van der Waals surface area contributed by atoms with Crippen molar-refractivity contribution in [3.8, 4) is 0 Å². The highest BCUT2D eigenvalue weighted by Crippen LogP contribution is 2.23. The van der Waals surface area contributed by atoms with E-state index in [1.54, 1.807) is 0 Å². The van der Waals surface area contributed by atoms with E-state index in [-0.39, 0.29) is 0 Å². The SMILES string of the molecule is Clc1cccc(Cl)c1CNCCCc1ccccc1. The van der Waals surface area contributed by atoms with E-state index in [1.165, 1.54) is 5.56 Å². The fourth-order valence-electron chi connectivity index (χ4n) is 1.98. The van der Waals surface area contributed by atoms with Gasteiger partial charge in [-0.3, -0.25) is 0 Å². The van der Waals surface area contributed by atoms with E-state index >= 15 is 0 Å². The molecule has 0 saturated carbocycles. The molecule has 1 N–H and O–H groups in total. The van der Waals surface area contributed by atoms with Gasteiger partial charge < -0.3 is 5.32 Å². The van der Waals surface area contributed by atoms with Crippen LogP contribution in [0.2, 0.25) is 10.0 Å². The van der Waals surface area contributed by atoms with E-state index in [0.717, 1.165) is 35.0 Å². The molecule has 0 radical (unpaired) electrons. The number of aryl methyl sites for hydroxylation is 1. The summed E-state index contributed by atoms with van der Waals surface area (Å²) in [5.41, 5.74) is 2.35. The number of halogens is 2. The van der Waals surface area contributed by atoms with Crippen molar-refractivity contribution >= 4 is 23.2 Å². The fraction of sp³-hybridized carbons (Fsp3) is 0.250. The van der Waals surface area contributed by atoms with Crippen molar-refractivity contribution in [3.63, 3.8) is 0 Å². The average molecular weight is 294 g/mol. The lowest BCUT2D eigenvalue weighted by atomic mass is 10.1. The second kappa shape index (κ2) is 7.54. The first kappa shape index (κ1) is 14.4. The number of hydrogen-bond donors (Lipinski definition) is 1. The zero-order valence-corrected chi connectivity index (χ0v) is 12.2. The molecule has 100 valence electrons. The maximum atomic E-state index is 6.11. The van der Waals surface area contributed by atoms with E-state index in [2.05, 4.69) is 29.6 Å². The Balaban J connectivity index is 1.73. The van der Waals surface area contributed by atoms with E-state index < -0.39 is 0 Å². The Hall–Kier alpha value is -1.02. The van der Waals surface area contributed by atoms with Crippen molar-refractivity contribution in [1.82, 2.24) is 5.32 Å². The summed E-state index contributed by atoms with van der Waals surface area (Å²) in [6, 6.07) is 16.1. The van der Waals surface area contributed by atoms with Gasteiger partial charge in [0.1, 0.15) is 0 Å². The summed E-state index contributed by atoms with van der Waals surface area (Å²) < 4.78 is 0. The molecular weight excluding hydrogens is 277 g/mol. The van der Waals surface area contributed by atoms with Crippen LogP contribution in [-0.4, -0.2) is 6.54 Å². The Bertz CT molecular complexity index is 491. The van der Waals surface area contributed by atoms with Crippen LogP contribution in [0.4, 0.5) is 0 Å². The van der Waals surface area contributed by atoms with E-state index in [1.807, 2.05) is 24.3 Å². The van der Waals surface area contributed by atoms with Crippen molar-refractivity contribution in [1.29, 1.82) is 0 Å². The maximum Gasteiger partial charge on any atom is 0.0465 e. The van der Waals surface area contributed by atoms with Crippen molar-refractivity contribution in [2.45, 2.75) is 19.4 Å². The van der Waals surface area contributed by atoms with E-state index in [9.17, 15) is 0 Å². The monoisotopic (exact) mass is 293 g/mol. The molecule has 0 bridgehead atoms. The molecule has 2 aromatic carbocycles. The molecule has 2 aromatic rings. The Morgan fingerprint density at radius 2 is 1.53 bits per heavy atom. The molecule has 0 unspecified atom stereocenters.